The second-order valence-electron chi connectivity index (χ2n) is 6.28. The molecule has 0 atom stereocenters. The molecule has 2 heterocycles. The summed E-state index contributed by atoms with van der Waals surface area (Å²) >= 11 is 6.26. The summed E-state index contributed by atoms with van der Waals surface area (Å²) in [6, 6.07) is 5.64. The topological polar surface area (TPSA) is 58.6 Å². The van der Waals surface area contributed by atoms with Gasteiger partial charge in [0.05, 0.1) is 17.1 Å². The maximum atomic E-state index is 12.6. The highest BCUT2D eigenvalue weighted by Crippen LogP contribution is 2.35. The van der Waals surface area contributed by atoms with Crippen LogP contribution in [0.3, 0.4) is 0 Å². The largest absolute Gasteiger partial charge is 0.490 e. The van der Waals surface area contributed by atoms with E-state index in [9.17, 15) is 9.59 Å². The van der Waals surface area contributed by atoms with E-state index in [1.165, 1.54) is 11.8 Å². The van der Waals surface area contributed by atoms with Crippen molar-refractivity contribution in [2.45, 2.75) is 39.0 Å². The van der Waals surface area contributed by atoms with Crippen LogP contribution in [0.5, 0.6) is 5.75 Å². The maximum Gasteiger partial charge on any atom is 0.263 e. The van der Waals surface area contributed by atoms with E-state index in [1.54, 1.807) is 11.0 Å². The SMILES string of the molecule is CCCCCCC(=O)N1CCOc2ccc(/C=C3\SC(=S)NC3=O)cc21. The number of hydrogen-bond donors (Lipinski definition) is 1. The van der Waals surface area contributed by atoms with Crippen LogP contribution in [-0.4, -0.2) is 29.3 Å². The number of nitrogens with zero attached hydrogens (tertiary/aromatic N) is 1. The van der Waals surface area contributed by atoms with Crippen LogP contribution in [0, 0.1) is 0 Å². The number of anilines is 1. The van der Waals surface area contributed by atoms with Crippen molar-refractivity contribution >= 4 is 51.9 Å². The Balaban J connectivity index is 1.77. The molecular weight excluding hydrogens is 368 g/mol. The molecule has 0 bridgehead atoms. The summed E-state index contributed by atoms with van der Waals surface area (Å²) in [6.07, 6.45) is 6.65. The third-order valence-electron chi connectivity index (χ3n) is 4.33. The van der Waals surface area contributed by atoms with Crippen LogP contribution in [-0.2, 0) is 9.59 Å². The molecule has 3 rings (SSSR count). The lowest BCUT2D eigenvalue weighted by atomic mass is 10.1. The number of carbonyl (C=O) groups excluding carboxylic acids is 2. The van der Waals surface area contributed by atoms with E-state index >= 15 is 0 Å². The van der Waals surface area contributed by atoms with Crippen molar-refractivity contribution in [3.8, 4) is 5.75 Å². The number of rotatable bonds is 6. The summed E-state index contributed by atoms with van der Waals surface area (Å²) in [5, 5.41) is 2.61. The number of ether oxygens (including phenoxy) is 1. The van der Waals surface area contributed by atoms with Gasteiger partial charge in [-0.2, -0.15) is 0 Å². The standard InChI is InChI=1S/C19H22N2O3S2/c1-2-3-4-5-6-17(22)21-9-10-24-15-8-7-13(11-14(15)21)12-16-18(23)20-19(25)26-16/h7-8,11-12H,2-6,9-10H2,1H3,(H,20,23,25)/b16-12-. The molecule has 2 amide bonds. The van der Waals surface area contributed by atoms with Crippen LogP contribution in [0.25, 0.3) is 6.08 Å². The minimum Gasteiger partial charge on any atom is -0.490 e. The lowest BCUT2D eigenvalue weighted by molar-refractivity contribution is -0.119. The van der Waals surface area contributed by atoms with E-state index in [0.717, 1.165) is 36.9 Å². The van der Waals surface area contributed by atoms with E-state index in [4.69, 9.17) is 17.0 Å². The summed E-state index contributed by atoms with van der Waals surface area (Å²) in [5.74, 6) is 0.654. The van der Waals surface area contributed by atoms with Crippen molar-refractivity contribution in [2.75, 3.05) is 18.1 Å². The molecule has 0 aliphatic carbocycles. The highest BCUT2D eigenvalue weighted by molar-refractivity contribution is 8.26. The number of carbonyl (C=O) groups is 2. The van der Waals surface area contributed by atoms with Crippen molar-refractivity contribution in [3.05, 3.63) is 28.7 Å². The van der Waals surface area contributed by atoms with Gasteiger partial charge in [-0.1, -0.05) is 56.2 Å². The van der Waals surface area contributed by atoms with Crippen LogP contribution in [0.15, 0.2) is 23.1 Å². The van der Waals surface area contributed by atoms with Gasteiger partial charge in [-0.15, -0.1) is 0 Å². The lowest BCUT2D eigenvalue weighted by Crippen LogP contribution is -2.37. The first kappa shape index (κ1) is 18.9. The molecule has 5 nitrogen and oxygen atoms in total. The molecule has 1 fully saturated rings. The maximum absolute atomic E-state index is 12.6. The van der Waals surface area contributed by atoms with E-state index in [0.29, 0.717) is 34.5 Å². The Labute approximate surface area is 163 Å². The van der Waals surface area contributed by atoms with Gasteiger partial charge in [-0.3, -0.25) is 9.59 Å². The number of thioether (sulfide) groups is 1. The number of thiocarbonyl (C=S) groups is 1. The Morgan fingerprint density at radius 3 is 2.96 bits per heavy atom. The third-order valence-corrected chi connectivity index (χ3v) is 5.49. The minimum absolute atomic E-state index is 0.129. The fraction of sp³-hybridized carbons (Fsp3) is 0.421. The molecule has 0 spiro atoms. The summed E-state index contributed by atoms with van der Waals surface area (Å²) in [5.41, 5.74) is 1.62. The molecule has 0 radical (unpaired) electrons. The van der Waals surface area contributed by atoms with Crippen LogP contribution in [0.2, 0.25) is 0 Å². The smallest absolute Gasteiger partial charge is 0.263 e. The first-order chi connectivity index (χ1) is 12.6. The van der Waals surface area contributed by atoms with E-state index in [2.05, 4.69) is 12.2 Å². The molecule has 2 aliphatic rings. The number of unbranched alkanes of at least 4 members (excludes halogenated alkanes) is 3. The van der Waals surface area contributed by atoms with Gasteiger partial charge >= 0.3 is 0 Å². The summed E-state index contributed by atoms with van der Waals surface area (Å²) in [6.45, 7) is 3.21. The van der Waals surface area contributed by atoms with Crippen LogP contribution in [0.1, 0.15) is 44.6 Å². The van der Waals surface area contributed by atoms with Gasteiger partial charge < -0.3 is 15.0 Å². The Bertz CT molecular complexity index is 761. The van der Waals surface area contributed by atoms with Gasteiger partial charge in [-0.05, 0) is 30.2 Å². The summed E-state index contributed by atoms with van der Waals surface area (Å²) in [7, 11) is 0. The first-order valence-corrected chi connectivity index (χ1v) is 10.1. The zero-order valence-corrected chi connectivity index (χ0v) is 16.4. The normalized spacial score (nSPS) is 17.9. The second-order valence-corrected chi connectivity index (χ2v) is 8.00. The zero-order chi connectivity index (χ0) is 18.5. The number of amides is 2. The number of fused-ring (bicyclic) bond motifs is 1. The Kier molecular flexibility index (Phi) is 6.32. The van der Waals surface area contributed by atoms with Gasteiger partial charge in [0.25, 0.3) is 5.91 Å². The fourth-order valence-electron chi connectivity index (χ4n) is 2.99. The van der Waals surface area contributed by atoms with Crippen molar-refractivity contribution in [1.29, 1.82) is 0 Å². The second kappa shape index (κ2) is 8.68. The molecule has 2 aliphatic heterocycles. The first-order valence-electron chi connectivity index (χ1n) is 8.90. The third kappa shape index (κ3) is 4.45. The Morgan fingerprint density at radius 2 is 2.23 bits per heavy atom. The molecule has 0 unspecified atom stereocenters. The summed E-state index contributed by atoms with van der Waals surface area (Å²) in [4.78, 5) is 26.9. The predicted molar refractivity (Wildman–Crippen MR) is 109 cm³/mol. The Morgan fingerprint density at radius 1 is 1.38 bits per heavy atom. The predicted octanol–water partition coefficient (Wildman–Crippen LogP) is 3.87. The van der Waals surface area contributed by atoms with Crippen LogP contribution < -0.4 is 15.0 Å². The quantitative estimate of drug-likeness (QED) is 0.454. The number of hydrogen-bond acceptors (Lipinski definition) is 5. The number of benzene rings is 1. The van der Waals surface area contributed by atoms with Crippen molar-refractivity contribution in [2.24, 2.45) is 0 Å². The lowest BCUT2D eigenvalue weighted by Gasteiger charge is -2.30. The molecule has 26 heavy (non-hydrogen) atoms. The van der Waals surface area contributed by atoms with E-state index in [-0.39, 0.29) is 11.8 Å². The van der Waals surface area contributed by atoms with E-state index < -0.39 is 0 Å². The van der Waals surface area contributed by atoms with Gasteiger partial charge in [0.2, 0.25) is 5.91 Å². The van der Waals surface area contributed by atoms with Gasteiger partial charge in [0.1, 0.15) is 16.7 Å². The highest BCUT2D eigenvalue weighted by Gasteiger charge is 2.25. The molecule has 1 aromatic rings. The van der Waals surface area contributed by atoms with Gasteiger partial charge in [0.15, 0.2) is 0 Å². The van der Waals surface area contributed by atoms with Crippen LogP contribution >= 0.6 is 24.0 Å². The molecule has 138 valence electrons. The molecule has 1 aromatic carbocycles. The Hall–Kier alpha value is -1.86. The summed E-state index contributed by atoms with van der Waals surface area (Å²) < 4.78 is 6.15. The molecule has 0 saturated carbocycles. The molecule has 0 aromatic heterocycles. The minimum atomic E-state index is -0.183. The van der Waals surface area contributed by atoms with Crippen molar-refractivity contribution in [3.63, 3.8) is 0 Å². The molecule has 1 N–H and O–H groups in total. The fourth-order valence-corrected chi connectivity index (χ4v) is 4.04. The molecule has 7 heteroatoms. The average molecular weight is 391 g/mol. The van der Waals surface area contributed by atoms with Gasteiger partial charge in [0, 0.05) is 6.42 Å². The number of nitrogens with one attached hydrogen (secondary N) is 1. The zero-order valence-electron chi connectivity index (χ0n) is 14.7. The average Bonchev–Trinajstić information content (AvgIpc) is 2.95. The highest BCUT2D eigenvalue weighted by atomic mass is 32.2. The van der Waals surface area contributed by atoms with Gasteiger partial charge in [-0.25, -0.2) is 0 Å². The van der Waals surface area contributed by atoms with E-state index in [1.807, 2.05) is 18.2 Å². The van der Waals surface area contributed by atoms with Crippen LogP contribution in [0.4, 0.5) is 5.69 Å². The molecule has 1 saturated heterocycles. The van der Waals surface area contributed by atoms with Crippen molar-refractivity contribution in [1.82, 2.24) is 5.32 Å². The molecular formula is C19H22N2O3S2. The monoisotopic (exact) mass is 390 g/mol. The van der Waals surface area contributed by atoms with Crippen molar-refractivity contribution < 1.29 is 14.3 Å².